The van der Waals surface area contributed by atoms with Gasteiger partial charge in [-0.2, -0.15) is 0 Å². The van der Waals surface area contributed by atoms with Crippen molar-refractivity contribution < 1.29 is 18.7 Å². The number of hydrogen-bond donors (Lipinski definition) is 1. The van der Waals surface area contributed by atoms with Gasteiger partial charge in [0.25, 0.3) is 5.91 Å². The summed E-state index contributed by atoms with van der Waals surface area (Å²) < 4.78 is 18.5. The van der Waals surface area contributed by atoms with Crippen LogP contribution < -0.4 is 5.73 Å². The number of halogens is 1. The number of aromatic nitrogens is 2. The molecule has 0 saturated carbocycles. The van der Waals surface area contributed by atoms with Crippen LogP contribution in [0.1, 0.15) is 39.5 Å². The number of ether oxygens (including phenoxy) is 1. The fraction of sp³-hybridized carbons (Fsp3) is 0.364. The van der Waals surface area contributed by atoms with Crippen molar-refractivity contribution in [3.63, 3.8) is 0 Å². The Morgan fingerprint density at radius 1 is 1.19 bits per heavy atom. The molecule has 1 amide bonds. The Morgan fingerprint density at radius 2 is 1.87 bits per heavy atom. The van der Waals surface area contributed by atoms with Gasteiger partial charge < -0.3 is 15.4 Å². The van der Waals surface area contributed by atoms with Crippen LogP contribution in [0.4, 0.5) is 10.2 Å². The van der Waals surface area contributed by atoms with E-state index in [9.17, 15) is 14.0 Å². The molecule has 3 aromatic rings. The molecule has 0 bridgehead atoms. The maximum atomic E-state index is 13.1. The zero-order chi connectivity index (χ0) is 22.1. The summed E-state index contributed by atoms with van der Waals surface area (Å²) in [4.78, 5) is 37.4. The molecule has 1 aliphatic rings. The summed E-state index contributed by atoms with van der Waals surface area (Å²) in [5.74, 6) is -0.383. The van der Waals surface area contributed by atoms with Gasteiger partial charge in [0.15, 0.2) is 12.4 Å². The highest BCUT2D eigenvalue weighted by Crippen LogP contribution is 2.32. The van der Waals surface area contributed by atoms with E-state index in [1.54, 1.807) is 16.2 Å². The SMILES string of the molecule is Cc1sc2nc(COC(=O)C3CCN(C(=O)c4ccc(F)cc4)CC3)nc(N)c2c1C. The van der Waals surface area contributed by atoms with Crippen LogP contribution in [0.3, 0.4) is 0 Å². The van der Waals surface area contributed by atoms with Crippen molar-refractivity contribution in [2.45, 2.75) is 33.3 Å². The first-order valence-electron chi connectivity index (χ1n) is 10.1. The van der Waals surface area contributed by atoms with Gasteiger partial charge >= 0.3 is 5.97 Å². The number of anilines is 1. The summed E-state index contributed by atoms with van der Waals surface area (Å²) in [7, 11) is 0. The van der Waals surface area contributed by atoms with Crippen LogP contribution in [-0.4, -0.2) is 39.8 Å². The number of fused-ring (bicyclic) bond motifs is 1. The zero-order valence-corrected chi connectivity index (χ0v) is 18.2. The number of thiophene rings is 1. The third-order valence-corrected chi connectivity index (χ3v) is 6.75. The standard InChI is InChI=1S/C22H23FN4O3S/c1-12-13(2)31-20-18(12)19(24)25-17(26-20)11-30-22(29)15-7-9-27(10-8-15)21(28)14-3-5-16(23)6-4-14/h3-6,15H,7-11H2,1-2H3,(H2,24,25,26). The Kier molecular flexibility index (Phi) is 5.86. The van der Waals surface area contributed by atoms with Gasteiger partial charge in [-0.15, -0.1) is 11.3 Å². The molecule has 4 rings (SSSR count). The van der Waals surface area contributed by atoms with E-state index in [2.05, 4.69) is 9.97 Å². The number of nitrogens with two attached hydrogens (primary N) is 1. The third-order valence-electron chi connectivity index (χ3n) is 5.65. The first kappa shape index (κ1) is 21.2. The van der Waals surface area contributed by atoms with E-state index >= 15 is 0 Å². The minimum Gasteiger partial charge on any atom is -0.457 e. The molecule has 0 unspecified atom stereocenters. The van der Waals surface area contributed by atoms with Gasteiger partial charge in [0.05, 0.1) is 11.3 Å². The van der Waals surface area contributed by atoms with Crippen LogP contribution in [0.2, 0.25) is 0 Å². The fourth-order valence-electron chi connectivity index (χ4n) is 3.74. The molecule has 1 aliphatic heterocycles. The predicted octanol–water partition coefficient (Wildman–Crippen LogP) is 3.63. The number of nitrogen functional groups attached to an aromatic ring is 1. The van der Waals surface area contributed by atoms with Crippen LogP contribution in [0.5, 0.6) is 0 Å². The Labute approximate surface area is 183 Å². The Bertz CT molecular complexity index is 1140. The van der Waals surface area contributed by atoms with E-state index < -0.39 is 0 Å². The number of piperidine rings is 1. The minimum atomic E-state index is -0.382. The number of hydrogen-bond acceptors (Lipinski definition) is 7. The van der Waals surface area contributed by atoms with E-state index in [0.29, 0.717) is 43.1 Å². The summed E-state index contributed by atoms with van der Waals surface area (Å²) in [5.41, 5.74) is 7.59. The third kappa shape index (κ3) is 4.36. The molecule has 0 aliphatic carbocycles. The summed E-state index contributed by atoms with van der Waals surface area (Å²) in [6.07, 6.45) is 1.02. The van der Waals surface area contributed by atoms with Crippen molar-refractivity contribution in [3.8, 4) is 0 Å². The number of likely N-dealkylation sites (tertiary alicyclic amines) is 1. The normalized spacial score (nSPS) is 14.7. The number of nitrogens with zero attached hydrogens (tertiary/aromatic N) is 3. The highest BCUT2D eigenvalue weighted by Gasteiger charge is 2.29. The van der Waals surface area contributed by atoms with Crippen LogP contribution >= 0.6 is 11.3 Å². The Hall–Kier alpha value is -3.07. The molecule has 31 heavy (non-hydrogen) atoms. The number of aryl methyl sites for hydroxylation is 2. The predicted molar refractivity (Wildman–Crippen MR) is 116 cm³/mol. The quantitative estimate of drug-likeness (QED) is 0.620. The molecule has 0 spiro atoms. The van der Waals surface area contributed by atoms with Crippen molar-refractivity contribution in [1.82, 2.24) is 14.9 Å². The molecule has 0 atom stereocenters. The van der Waals surface area contributed by atoms with E-state index in [4.69, 9.17) is 10.5 Å². The molecule has 9 heteroatoms. The fourth-order valence-corrected chi connectivity index (χ4v) is 4.79. The van der Waals surface area contributed by atoms with Gasteiger partial charge in [-0.3, -0.25) is 9.59 Å². The summed E-state index contributed by atoms with van der Waals surface area (Å²) in [6.45, 7) is 4.84. The number of amides is 1. The topological polar surface area (TPSA) is 98.4 Å². The van der Waals surface area contributed by atoms with Gasteiger partial charge in [0, 0.05) is 23.5 Å². The lowest BCUT2D eigenvalue weighted by molar-refractivity contribution is -0.151. The lowest BCUT2D eigenvalue weighted by Crippen LogP contribution is -2.40. The second-order valence-electron chi connectivity index (χ2n) is 7.67. The number of carbonyl (C=O) groups is 2. The first-order chi connectivity index (χ1) is 14.8. The first-order valence-corrected chi connectivity index (χ1v) is 10.9. The lowest BCUT2D eigenvalue weighted by Gasteiger charge is -2.31. The largest absolute Gasteiger partial charge is 0.457 e. The molecule has 2 aromatic heterocycles. The van der Waals surface area contributed by atoms with Gasteiger partial charge in [-0.1, -0.05) is 0 Å². The molecule has 1 aromatic carbocycles. The molecule has 2 N–H and O–H groups in total. The van der Waals surface area contributed by atoms with Crippen molar-refractivity contribution in [3.05, 3.63) is 51.9 Å². The van der Waals surface area contributed by atoms with Gasteiger partial charge in [0.2, 0.25) is 0 Å². The molecule has 1 fully saturated rings. The Balaban J connectivity index is 1.33. The number of benzene rings is 1. The van der Waals surface area contributed by atoms with Gasteiger partial charge in [-0.05, 0) is 56.5 Å². The summed E-state index contributed by atoms with van der Waals surface area (Å²) in [6, 6.07) is 5.47. The lowest BCUT2D eigenvalue weighted by atomic mass is 9.96. The monoisotopic (exact) mass is 442 g/mol. The maximum absolute atomic E-state index is 13.1. The average Bonchev–Trinajstić information content (AvgIpc) is 3.06. The van der Waals surface area contributed by atoms with Crippen LogP contribution in [0.15, 0.2) is 24.3 Å². The van der Waals surface area contributed by atoms with E-state index in [0.717, 1.165) is 20.7 Å². The smallest absolute Gasteiger partial charge is 0.309 e. The van der Waals surface area contributed by atoms with Gasteiger partial charge in [-0.25, -0.2) is 14.4 Å². The van der Waals surface area contributed by atoms with E-state index in [1.807, 2.05) is 13.8 Å². The maximum Gasteiger partial charge on any atom is 0.309 e. The van der Waals surface area contributed by atoms with Crippen LogP contribution in [0, 0.1) is 25.6 Å². The van der Waals surface area contributed by atoms with Crippen molar-refractivity contribution in [2.75, 3.05) is 18.8 Å². The highest BCUT2D eigenvalue weighted by molar-refractivity contribution is 7.18. The van der Waals surface area contributed by atoms with Crippen molar-refractivity contribution in [2.24, 2.45) is 5.92 Å². The van der Waals surface area contributed by atoms with Gasteiger partial charge in [0.1, 0.15) is 16.5 Å². The number of carbonyl (C=O) groups excluding carboxylic acids is 2. The van der Waals surface area contributed by atoms with Crippen LogP contribution in [0.25, 0.3) is 10.2 Å². The van der Waals surface area contributed by atoms with Crippen molar-refractivity contribution >= 4 is 39.2 Å². The molecule has 7 nitrogen and oxygen atoms in total. The molecular formula is C22H23FN4O3S. The molecule has 1 saturated heterocycles. The number of esters is 1. The minimum absolute atomic E-state index is 0.0380. The van der Waals surface area contributed by atoms with Crippen LogP contribution in [-0.2, 0) is 16.1 Å². The molecule has 0 radical (unpaired) electrons. The summed E-state index contributed by atoms with van der Waals surface area (Å²) >= 11 is 1.54. The second kappa shape index (κ2) is 8.58. The zero-order valence-electron chi connectivity index (χ0n) is 17.4. The van der Waals surface area contributed by atoms with E-state index in [-0.39, 0.29) is 30.2 Å². The van der Waals surface area contributed by atoms with Crippen molar-refractivity contribution in [1.29, 1.82) is 0 Å². The second-order valence-corrected chi connectivity index (χ2v) is 8.87. The highest BCUT2D eigenvalue weighted by atomic mass is 32.1. The molecule has 162 valence electrons. The summed E-state index contributed by atoms with van der Waals surface area (Å²) in [5, 5.41) is 0.857. The molecule has 3 heterocycles. The van der Waals surface area contributed by atoms with E-state index in [1.165, 1.54) is 24.3 Å². The molecular weight excluding hydrogens is 419 g/mol. The number of rotatable bonds is 4. The average molecular weight is 443 g/mol. The Morgan fingerprint density at radius 3 is 2.55 bits per heavy atom.